The van der Waals surface area contributed by atoms with Gasteiger partial charge in [-0.25, -0.2) is 0 Å². The number of anilines is 1. The molecule has 3 aromatic rings. The van der Waals surface area contributed by atoms with Gasteiger partial charge in [-0.15, -0.1) is 11.3 Å². The fraction of sp³-hybridized carbons (Fsp3) is 0.320. The first-order valence-corrected chi connectivity index (χ1v) is 11.5. The third kappa shape index (κ3) is 4.51. The topological polar surface area (TPSA) is 50.0 Å². The molecule has 1 aliphatic carbocycles. The van der Waals surface area contributed by atoms with E-state index in [1.807, 2.05) is 47.3 Å². The van der Waals surface area contributed by atoms with Crippen molar-refractivity contribution in [3.05, 3.63) is 82.0 Å². The lowest BCUT2D eigenvalue weighted by atomic mass is 9.92. The number of amides is 1. The summed E-state index contributed by atoms with van der Waals surface area (Å²) in [6.07, 6.45) is 10.2. The number of rotatable bonds is 7. The van der Waals surface area contributed by atoms with Crippen molar-refractivity contribution < 1.29 is 14.2 Å². The van der Waals surface area contributed by atoms with E-state index < -0.39 is 0 Å². The number of thiophene rings is 1. The Hall–Kier alpha value is -2.79. The van der Waals surface area contributed by atoms with Crippen LogP contribution < -0.4 is 9.88 Å². The molecule has 0 atom stereocenters. The van der Waals surface area contributed by atoms with Crippen molar-refractivity contribution >= 4 is 28.0 Å². The fourth-order valence-corrected chi connectivity index (χ4v) is 5.31. The second kappa shape index (κ2) is 9.35. The molecule has 4 nitrogen and oxygen atoms in total. The molecule has 4 rings (SSSR count). The lowest BCUT2D eigenvalue weighted by Crippen LogP contribution is -2.39. The van der Waals surface area contributed by atoms with Gasteiger partial charge >= 0.3 is 0 Å². The van der Waals surface area contributed by atoms with Crippen molar-refractivity contribution in [3.8, 4) is 0 Å². The zero-order valence-electron chi connectivity index (χ0n) is 17.3. The Kier molecular flexibility index (Phi) is 6.38. The third-order valence-corrected chi connectivity index (χ3v) is 6.72. The SMILES string of the molecule is CCCc1cc[n+](CC(=O)Nc2sc3c(c2C(=O)c2ccccc2)CCCC3)cc1. The number of ketones is 1. The van der Waals surface area contributed by atoms with Gasteiger partial charge in [0.15, 0.2) is 18.2 Å². The Morgan fingerprint density at radius 3 is 2.50 bits per heavy atom. The number of pyridine rings is 1. The van der Waals surface area contributed by atoms with Gasteiger partial charge < -0.3 is 5.32 Å². The molecular formula is C25H27N2O2S+. The highest BCUT2D eigenvalue weighted by molar-refractivity contribution is 7.17. The summed E-state index contributed by atoms with van der Waals surface area (Å²) in [6.45, 7) is 2.39. The minimum Gasteiger partial charge on any atom is -0.312 e. The number of carbonyl (C=O) groups excluding carboxylic acids is 2. The lowest BCUT2D eigenvalue weighted by molar-refractivity contribution is -0.684. The first-order valence-electron chi connectivity index (χ1n) is 10.7. The zero-order valence-corrected chi connectivity index (χ0v) is 18.1. The standard InChI is InChI=1S/C25H26N2O2S/c1-2-8-18-13-15-27(16-14-18)17-22(28)26-25-23(20-11-6-7-12-21(20)30-25)24(29)19-9-4-3-5-10-19/h3-5,9-10,13-16H,2,6-8,11-12,17H2,1H3/p+1. The molecule has 0 saturated heterocycles. The zero-order chi connectivity index (χ0) is 20.9. The minimum atomic E-state index is -0.107. The molecule has 0 unspecified atom stereocenters. The molecule has 0 fully saturated rings. The molecule has 2 aromatic heterocycles. The van der Waals surface area contributed by atoms with Gasteiger partial charge in [0, 0.05) is 22.6 Å². The molecule has 0 bridgehead atoms. The van der Waals surface area contributed by atoms with Crippen LogP contribution >= 0.6 is 11.3 Å². The lowest BCUT2D eigenvalue weighted by Gasteiger charge is -2.12. The molecule has 0 radical (unpaired) electrons. The predicted molar refractivity (Wildman–Crippen MR) is 120 cm³/mol. The Balaban J connectivity index is 1.57. The second-order valence-corrected chi connectivity index (χ2v) is 8.89. The van der Waals surface area contributed by atoms with E-state index >= 15 is 0 Å². The van der Waals surface area contributed by atoms with Crippen molar-refractivity contribution in [1.29, 1.82) is 0 Å². The second-order valence-electron chi connectivity index (χ2n) is 7.79. The van der Waals surface area contributed by atoms with Gasteiger partial charge in [0.05, 0.1) is 5.56 Å². The molecule has 1 N–H and O–H groups in total. The summed E-state index contributed by atoms with van der Waals surface area (Å²) in [6, 6.07) is 13.5. The number of aryl methyl sites for hydroxylation is 2. The van der Waals surface area contributed by atoms with Crippen LogP contribution in [0.5, 0.6) is 0 Å². The van der Waals surface area contributed by atoms with Crippen molar-refractivity contribution in [2.24, 2.45) is 0 Å². The maximum Gasteiger partial charge on any atom is 0.290 e. The van der Waals surface area contributed by atoms with Gasteiger partial charge in [0.1, 0.15) is 5.00 Å². The van der Waals surface area contributed by atoms with E-state index in [9.17, 15) is 9.59 Å². The van der Waals surface area contributed by atoms with Gasteiger partial charge in [-0.05, 0) is 43.2 Å². The van der Waals surface area contributed by atoms with Crippen LogP contribution in [0.15, 0.2) is 54.9 Å². The van der Waals surface area contributed by atoms with Gasteiger partial charge in [-0.2, -0.15) is 4.57 Å². The van der Waals surface area contributed by atoms with Crippen LogP contribution in [0.1, 0.15) is 58.1 Å². The Labute approximate surface area is 181 Å². The smallest absolute Gasteiger partial charge is 0.290 e. The average Bonchev–Trinajstić information content (AvgIpc) is 3.13. The van der Waals surface area contributed by atoms with Gasteiger partial charge in [0.25, 0.3) is 5.91 Å². The van der Waals surface area contributed by atoms with Crippen LogP contribution in [0.25, 0.3) is 0 Å². The Morgan fingerprint density at radius 2 is 1.77 bits per heavy atom. The highest BCUT2D eigenvalue weighted by atomic mass is 32.1. The number of fused-ring (bicyclic) bond motifs is 1. The quantitative estimate of drug-likeness (QED) is 0.444. The molecule has 2 heterocycles. The van der Waals surface area contributed by atoms with Crippen molar-refractivity contribution in [3.63, 3.8) is 0 Å². The Bertz CT molecular complexity index is 1040. The van der Waals surface area contributed by atoms with Crippen LogP contribution in [0, 0.1) is 0 Å². The van der Waals surface area contributed by atoms with Crippen LogP contribution in [0.2, 0.25) is 0 Å². The summed E-state index contributed by atoms with van der Waals surface area (Å²) >= 11 is 1.57. The number of hydrogen-bond donors (Lipinski definition) is 1. The molecule has 1 aromatic carbocycles. The largest absolute Gasteiger partial charge is 0.312 e. The number of nitrogens with one attached hydrogen (secondary N) is 1. The molecule has 0 aliphatic heterocycles. The van der Waals surface area contributed by atoms with Crippen LogP contribution in [0.3, 0.4) is 0 Å². The number of benzene rings is 1. The van der Waals surface area contributed by atoms with Crippen molar-refractivity contribution in [1.82, 2.24) is 0 Å². The molecule has 30 heavy (non-hydrogen) atoms. The number of hydrogen-bond acceptors (Lipinski definition) is 3. The van der Waals surface area contributed by atoms with Gasteiger partial charge in [0.2, 0.25) is 6.54 Å². The van der Waals surface area contributed by atoms with Crippen LogP contribution in [-0.2, 0) is 30.6 Å². The van der Waals surface area contributed by atoms with E-state index in [1.54, 1.807) is 11.3 Å². The normalized spacial score (nSPS) is 13.0. The molecule has 154 valence electrons. The highest BCUT2D eigenvalue weighted by Crippen LogP contribution is 2.39. The number of carbonyl (C=O) groups is 2. The Morgan fingerprint density at radius 1 is 1.03 bits per heavy atom. The maximum atomic E-state index is 13.3. The third-order valence-electron chi connectivity index (χ3n) is 5.51. The summed E-state index contributed by atoms with van der Waals surface area (Å²) in [4.78, 5) is 27.3. The molecule has 1 aliphatic rings. The molecule has 5 heteroatoms. The van der Waals surface area contributed by atoms with E-state index in [0.29, 0.717) is 16.1 Å². The predicted octanol–water partition coefficient (Wildman–Crippen LogP) is 4.74. The number of aromatic nitrogens is 1. The van der Waals surface area contributed by atoms with Crippen molar-refractivity contribution in [2.75, 3.05) is 5.32 Å². The van der Waals surface area contributed by atoms with E-state index in [1.165, 1.54) is 10.4 Å². The van der Waals surface area contributed by atoms with Gasteiger partial charge in [-0.3, -0.25) is 9.59 Å². The first-order chi connectivity index (χ1) is 14.7. The summed E-state index contributed by atoms with van der Waals surface area (Å²) in [5.74, 6) is -0.106. The van der Waals surface area contributed by atoms with E-state index in [2.05, 4.69) is 24.4 Å². The van der Waals surface area contributed by atoms with E-state index in [4.69, 9.17) is 0 Å². The van der Waals surface area contributed by atoms with E-state index in [-0.39, 0.29) is 18.2 Å². The minimum absolute atomic E-state index is 0.00173. The summed E-state index contributed by atoms with van der Waals surface area (Å²) in [5, 5.41) is 3.74. The molecule has 1 amide bonds. The summed E-state index contributed by atoms with van der Waals surface area (Å²) < 4.78 is 1.88. The highest BCUT2D eigenvalue weighted by Gasteiger charge is 2.27. The van der Waals surface area contributed by atoms with Crippen molar-refractivity contribution in [2.45, 2.75) is 52.0 Å². The monoisotopic (exact) mass is 419 g/mol. The summed E-state index contributed by atoms with van der Waals surface area (Å²) in [5.41, 5.74) is 3.76. The molecular weight excluding hydrogens is 392 g/mol. The first kappa shape index (κ1) is 20.5. The van der Waals surface area contributed by atoms with Crippen LogP contribution in [0.4, 0.5) is 5.00 Å². The molecule has 0 spiro atoms. The average molecular weight is 420 g/mol. The summed E-state index contributed by atoms with van der Waals surface area (Å²) in [7, 11) is 0. The van der Waals surface area contributed by atoms with E-state index in [0.717, 1.165) is 44.1 Å². The van der Waals surface area contributed by atoms with Gasteiger partial charge in [-0.1, -0.05) is 43.7 Å². The molecule has 0 saturated carbocycles. The van der Waals surface area contributed by atoms with Crippen LogP contribution in [-0.4, -0.2) is 11.7 Å². The fourth-order valence-electron chi connectivity index (χ4n) is 4.01. The number of nitrogens with zero attached hydrogens (tertiary/aromatic N) is 1. The maximum absolute atomic E-state index is 13.3.